The molecule has 0 aliphatic rings. The average molecular weight is 360 g/mol. The lowest BCUT2D eigenvalue weighted by molar-refractivity contribution is -0.116. The van der Waals surface area contributed by atoms with Gasteiger partial charge in [0.2, 0.25) is 5.91 Å². The van der Waals surface area contributed by atoms with E-state index in [1.807, 2.05) is 26.0 Å². The van der Waals surface area contributed by atoms with Gasteiger partial charge in [0.15, 0.2) is 5.82 Å². The number of amides is 3. The third-order valence-corrected chi connectivity index (χ3v) is 3.54. The summed E-state index contributed by atoms with van der Waals surface area (Å²) in [7, 11) is 0. The number of nitrogens with zero attached hydrogens (tertiary/aromatic N) is 2. The molecule has 2 aromatic rings. The largest absolute Gasteiger partial charge is 0.492 e. The zero-order chi connectivity index (χ0) is 18.8. The molecule has 8 nitrogen and oxygen atoms in total. The van der Waals surface area contributed by atoms with Crippen molar-refractivity contribution in [2.45, 2.75) is 26.7 Å². The third-order valence-electron chi connectivity index (χ3n) is 3.54. The van der Waals surface area contributed by atoms with Crippen LogP contribution >= 0.6 is 0 Å². The highest BCUT2D eigenvalue weighted by Gasteiger charge is 2.18. The van der Waals surface area contributed by atoms with Gasteiger partial charge in [0.25, 0.3) is 0 Å². The molecule has 3 amide bonds. The van der Waals surface area contributed by atoms with Crippen molar-refractivity contribution in [3.8, 4) is 5.75 Å². The molecule has 1 aromatic carbocycles. The van der Waals surface area contributed by atoms with Gasteiger partial charge in [-0.05, 0) is 25.5 Å². The zero-order valence-electron chi connectivity index (χ0n) is 15.0. The Hall–Kier alpha value is -3.03. The Bertz CT molecular complexity index is 703. The molecule has 0 unspecified atom stereocenters. The van der Waals surface area contributed by atoms with E-state index >= 15 is 0 Å². The second kappa shape index (κ2) is 10.1. The molecular formula is C18H24N4O4. The standard InChI is InChI=1S/C18H24N4O4/c1-3-5-11-22(13-17(23)20-16-10-12-26-21-16)18(24)19-14-8-6-7-9-15(14)25-4-2/h6-10,12H,3-5,11,13H2,1-2H3,(H,19,24)(H,20,21,23). The molecule has 140 valence electrons. The number of urea groups is 1. The Kier molecular flexibility index (Phi) is 7.48. The van der Waals surface area contributed by atoms with Crippen molar-refractivity contribution in [1.82, 2.24) is 10.1 Å². The second-order valence-corrected chi connectivity index (χ2v) is 5.57. The molecule has 0 saturated carbocycles. The smallest absolute Gasteiger partial charge is 0.322 e. The molecule has 0 saturated heterocycles. The van der Waals surface area contributed by atoms with E-state index < -0.39 is 0 Å². The molecule has 26 heavy (non-hydrogen) atoms. The summed E-state index contributed by atoms with van der Waals surface area (Å²) in [6.07, 6.45) is 3.06. The van der Waals surface area contributed by atoms with Crippen LogP contribution in [0, 0.1) is 0 Å². The summed E-state index contributed by atoms with van der Waals surface area (Å²) in [6, 6.07) is 8.36. The highest BCUT2D eigenvalue weighted by Crippen LogP contribution is 2.24. The van der Waals surface area contributed by atoms with Gasteiger partial charge in [-0.2, -0.15) is 0 Å². The Morgan fingerprint density at radius 2 is 2.00 bits per heavy atom. The van der Waals surface area contributed by atoms with E-state index in [2.05, 4.69) is 20.3 Å². The van der Waals surface area contributed by atoms with Gasteiger partial charge in [0.1, 0.15) is 18.6 Å². The average Bonchev–Trinajstić information content (AvgIpc) is 3.13. The number of para-hydroxylation sites is 2. The maximum absolute atomic E-state index is 12.7. The van der Waals surface area contributed by atoms with Gasteiger partial charge in [-0.1, -0.05) is 30.6 Å². The highest BCUT2D eigenvalue weighted by atomic mass is 16.5. The Morgan fingerprint density at radius 1 is 1.19 bits per heavy atom. The fourth-order valence-corrected chi connectivity index (χ4v) is 2.28. The number of carbonyl (C=O) groups excluding carboxylic acids is 2. The fourth-order valence-electron chi connectivity index (χ4n) is 2.28. The highest BCUT2D eigenvalue weighted by molar-refractivity contribution is 5.97. The Labute approximate surface area is 152 Å². The van der Waals surface area contributed by atoms with Crippen LogP contribution in [0.15, 0.2) is 41.1 Å². The quantitative estimate of drug-likeness (QED) is 0.715. The second-order valence-electron chi connectivity index (χ2n) is 5.57. The number of hydrogen-bond donors (Lipinski definition) is 2. The van der Waals surface area contributed by atoms with E-state index in [0.29, 0.717) is 30.4 Å². The van der Waals surface area contributed by atoms with Crippen LogP contribution in [-0.2, 0) is 4.79 Å². The van der Waals surface area contributed by atoms with Crippen LogP contribution in [0.3, 0.4) is 0 Å². The number of benzene rings is 1. The van der Waals surface area contributed by atoms with Gasteiger partial charge in [-0.15, -0.1) is 0 Å². The van der Waals surface area contributed by atoms with E-state index in [1.54, 1.807) is 12.1 Å². The van der Waals surface area contributed by atoms with Crippen molar-refractivity contribution >= 4 is 23.4 Å². The summed E-state index contributed by atoms with van der Waals surface area (Å²) in [5, 5.41) is 9.03. The molecule has 2 N–H and O–H groups in total. The first-order valence-electron chi connectivity index (χ1n) is 8.62. The van der Waals surface area contributed by atoms with Crippen molar-refractivity contribution < 1.29 is 18.8 Å². The van der Waals surface area contributed by atoms with Crippen LogP contribution in [0.1, 0.15) is 26.7 Å². The van der Waals surface area contributed by atoms with E-state index in [9.17, 15) is 9.59 Å². The van der Waals surface area contributed by atoms with Gasteiger partial charge >= 0.3 is 6.03 Å². The molecule has 0 radical (unpaired) electrons. The van der Waals surface area contributed by atoms with Crippen LogP contribution in [0.2, 0.25) is 0 Å². The normalized spacial score (nSPS) is 10.2. The van der Waals surface area contributed by atoms with Crippen LogP contribution in [0.5, 0.6) is 5.75 Å². The van der Waals surface area contributed by atoms with E-state index in [1.165, 1.54) is 17.2 Å². The summed E-state index contributed by atoms with van der Waals surface area (Å²) >= 11 is 0. The summed E-state index contributed by atoms with van der Waals surface area (Å²) in [6.45, 7) is 4.77. The number of aromatic nitrogens is 1. The lowest BCUT2D eigenvalue weighted by Gasteiger charge is -2.23. The number of ether oxygens (including phenoxy) is 1. The van der Waals surface area contributed by atoms with Gasteiger partial charge < -0.3 is 24.8 Å². The summed E-state index contributed by atoms with van der Waals surface area (Å²) < 4.78 is 10.2. The van der Waals surface area contributed by atoms with Crippen LogP contribution in [0.4, 0.5) is 16.3 Å². The Balaban J connectivity index is 2.02. The zero-order valence-corrected chi connectivity index (χ0v) is 15.0. The number of nitrogens with one attached hydrogen (secondary N) is 2. The molecular weight excluding hydrogens is 336 g/mol. The molecule has 1 aromatic heterocycles. The number of hydrogen-bond acceptors (Lipinski definition) is 5. The Morgan fingerprint density at radius 3 is 2.69 bits per heavy atom. The minimum atomic E-state index is -0.360. The first-order valence-corrected chi connectivity index (χ1v) is 8.62. The maximum Gasteiger partial charge on any atom is 0.322 e. The predicted octanol–water partition coefficient (Wildman–Crippen LogP) is 3.35. The monoisotopic (exact) mass is 360 g/mol. The third kappa shape index (κ3) is 5.80. The van der Waals surface area contributed by atoms with E-state index in [4.69, 9.17) is 4.74 Å². The van der Waals surface area contributed by atoms with E-state index in [0.717, 1.165) is 12.8 Å². The van der Waals surface area contributed by atoms with Gasteiger partial charge in [-0.25, -0.2) is 4.79 Å². The summed E-state index contributed by atoms with van der Waals surface area (Å²) in [5.74, 6) is 0.557. The van der Waals surface area contributed by atoms with Crippen molar-refractivity contribution in [2.24, 2.45) is 0 Å². The fraction of sp³-hybridized carbons (Fsp3) is 0.389. The van der Waals surface area contributed by atoms with Crippen molar-refractivity contribution in [1.29, 1.82) is 0 Å². The number of rotatable bonds is 9. The molecule has 8 heteroatoms. The lowest BCUT2D eigenvalue weighted by Crippen LogP contribution is -2.41. The van der Waals surface area contributed by atoms with Crippen molar-refractivity contribution in [2.75, 3.05) is 30.3 Å². The first kappa shape index (κ1) is 19.3. The molecule has 0 bridgehead atoms. The van der Waals surface area contributed by atoms with Crippen LogP contribution in [-0.4, -0.2) is 41.7 Å². The van der Waals surface area contributed by atoms with Gasteiger partial charge in [0.05, 0.1) is 12.3 Å². The van der Waals surface area contributed by atoms with Gasteiger partial charge in [-0.3, -0.25) is 4.79 Å². The SMILES string of the molecule is CCCCN(CC(=O)Nc1ccon1)C(=O)Nc1ccccc1OCC. The number of anilines is 2. The van der Waals surface area contributed by atoms with E-state index in [-0.39, 0.29) is 18.5 Å². The maximum atomic E-state index is 12.7. The first-order chi connectivity index (χ1) is 12.6. The predicted molar refractivity (Wildman–Crippen MR) is 98.2 cm³/mol. The van der Waals surface area contributed by atoms with Crippen molar-refractivity contribution in [3.63, 3.8) is 0 Å². The molecule has 0 atom stereocenters. The number of carbonyl (C=O) groups is 2. The molecule has 2 rings (SSSR count). The lowest BCUT2D eigenvalue weighted by atomic mass is 10.3. The summed E-state index contributed by atoms with van der Waals surface area (Å²) in [4.78, 5) is 26.3. The van der Waals surface area contributed by atoms with Crippen LogP contribution < -0.4 is 15.4 Å². The van der Waals surface area contributed by atoms with Crippen LogP contribution in [0.25, 0.3) is 0 Å². The molecule has 0 aliphatic heterocycles. The minimum Gasteiger partial charge on any atom is -0.492 e. The van der Waals surface area contributed by atoms with Crippen molar-refractivity contribution in [3.05, 3.63) is 36.6 Å². The molecule has 0 spiro atoms. The number of unbranched alkanes of at least 4 members (excludes halogenated alkanes) is 1. The molecule has 1 heterocycles. The topological polar surface area (TPSA) is 96.7 Å². The molecule has 0 aliphatic carbocycles. The van der Waals surface area contributed by atoms with Gasteiger partial charge in [0, 0.05) is 12.6 Å². The summed E-state index contributed by atoms with van der Waals surface area (Å²) in [5.41, 5.74) is 0.567. The molecule has 0 fully saturated rings. The minimum absolute atomic E-state index is 0.0878.